The van der Waals surface area contributed by atoms with Gasteiger partial charge in [-0.15, -0.1) is 10.2 Å². The summed E-state index contributed by atoms with van der Waals surface area (Å²) in [4.78, 5) is 14.8. The van der Waals surface area contributed by atoms with E-state index in [4.69, 9.17) is 9.15 Å². The monoisotopic (exact) mass is 346 g/mol. The fourth-order valence-electron chi connectivity index (χ4n) is 3.27. The molecule has 0 unspecified atom stereocenters. The molecule has 0 aliphatic carbocycles. The Labute approximate surface area is 148 Å². The zero-order chi connectivity index (χ0) is 18.1. The maximum absolute atomic E-state index is 13.0. The van der Waals surface area contributed by atoms with Crippen molar-refractivity contribution in [3.8, 4) is 0 Å². The van der Waals surface area contributed by atoms with Gasteiger partial charge in [-0.3, -0.25) is 4.79 Å². The molecule has 0 radical (unpaired) electrons. The van der Waals surface area contributed by atoms with E-state index in [1.807, 2.05) is 38.7 Å². The molecule has 0 spiro atoms. The number of carbonyl (C=O) groups excluding carboxylic acids is 1. The molecule has 1 fully saturated rings. The summed E-state index contributed by atoms with van der Waals surface area (Å²) in [6.45, 7) is 12.4. The van der Waals surface area contributed by atoms with Gasteiger partial charge in [0.15, 0.2) is 6.10 Å². The molecule has 2 aromatic heterocycles. The number of hydrogen-bond donors (Lipinski definition) is 0. The SMILES string of the molecule is CCn1c(C)cc(C(=O)N2CCO[C@@H](c3nnc(C(C)C)o3)C2)c1C. The Bertz CT molecular complexity index is 762. The first-order chi connectivity index (χ1) is 11.9. The van der Waals surface area contributed by atoms with E-state index in [2.05, 4.69) is 21.7 Å². The number of rotatable bonds is 4. The first kappa shape index (κ1) is 17.7. The second-order valence-electron chi connectivity index (χ2n) is 6.77. The van der Waals surface area contributed by atoms with Gasteiger partial charge in [-0.05, 0) is 26.8 Å². The van der Waals surface area contributed by atoms with Gasteiger partial charge in [-0.1, -0.05) is 13.8 Å². The van der Waals surface area contributed by atoms with Gasteiger partial charge >= 0.3 is 0 Å². The summed E-state index contributed by atoms with van der Waals surface area (Å²) < 4.78 is 13.6. The van der Waals surface area contributed by atoms with E-state index in [0.29, 0.717) is 31.5 Å². The molecule has 0 aromatic carbocycles. The number of aromatic nitrogens is 3. The van der Waals surface area contributed by atoms with Crippen LogP contribution < -0.4 is 0 Å². The van der Waals surface area contributed by atoms with Crippen LogP contribution in [0.1, 0.15) is 66.3 Å². The number of ether oxygens (including phenoxy) is 1. The smallest absolute Gasteiger partial charge is 0.255 e. The van der Waals surface area contributed by atoms with Crippen molar-refractivity contribution in [1.82, 2.24) is 19.7 Å². The number of carbonyl (C=O) groups is 1. The summed E-state index contributed by atoms with van der Waals surface area (Å²) in [6, 6.07) is 1.97. The van der Waals surface area contributed by atoms with Crippen molar-refractivity contribution in [2.45, 2.75) is 53.2 Å². The first-order valence-electron chi connectivity index (χ1n) is 8.83. The fraction of sp³-hybridized carbons (Fsp3) is 0.611. The molecule has 25 heavy (non-hydrogen) atoms. The Morgan fingerprint density at radius 3 is 2.72 bits per heavy atom. The maximum atomic E-state index is 13.0. The third-order valence-corrected chi connectivity index (χ3v) is 4.70. The standard InChI is InChI=1S/C18H26N4O3/c1-6-22-12(4)9-14(13(22)5)18(23)21-7-8-24-15(10-21)17-20-19-16(25-17)11(2)3/h9,11,15H,6-8,10H2,1-5H3/t15-/m1/s1. The van der Waals surface area contributed by atoms with Gasteiger partial charge in [0.1, 0.15) is 0 Å². The summed E-state index contributed by atoms with van der Waals surface area (Å²) in [6.07, 6.45) is -0.368. The number of aryl methyl sites for hydroxylation is 1. The quantitative estimate of drug-likeness (QED) is 0.851. The van der Waals surface area contributed by atoms with Crippen molar-refractivity contribution in [3.63, 3.8) is 0 Å². The van der Waals surface area contributed by atoms with Crippen LogP contribution in [-0.2, 0) is 11.3 Å². The average Bonchev–Trinajstić information content (AvgIpc) is 3.19. The van der Waals surface area contributed by atoms with Crippen LogP contribution in [0.15, 0.2) is 10.5 Å². The van der Waals surface area contributed by atoms with Gasteiger partial charge in [0.05, 0.1) is 18.7 Å². The highest BCUT2D eigenvalue weighted by atomic mass is 16.5. The van der Waals surface area contributed by atoms with Gasteiger partial charge in [0.25, 0.3) is 5.91 Å². The van der Waals surface area contributed by atoms with Crippen molar-refractivity contribution in [1.29, 1.82) is 0 Å². The van der Waals surface area contributed by atoms with Crippen molar-refractivity contribution in [3.05, 3.63) is 34.8 Å². The normalized spacial score (nSPS) is 18.2. The third kappa shape index (κ3) is 3.33. The number of hydrogen-bond acceptors (Lipinski definition) is 5. The van der Waals surface area contributed by atoms with Crippen LogP contribution in [0.25, 0.3) is 0 Å². The summed E-state index contributed by atoms with van der Waals surface area (Å²) in [7, 11) is 0. The highest BCUT2D eigenvalue weighted by Crippen LogP contribution is 2.25. The lowest BCUT2D eigenvalue weighted by atomic mass is 10.2. The Hall–Kier alpha value is -2.15. The number of morpholine rings is 1. The summed E-state index contributed by atoms with van der Waals surface area (Å²) in [5.74, 6) is 1.24. The third-order valence-electron chi connectivity index (χ3n) is 4.70. The van der Waals surface area contributed by atoms with E-state index < -0.39 is 0 Å². The van der Waals surface area contributed by atoms with Crippen LogP contribution in [0.4, 0.5) is 0 Å². The Balaban J connectivity index is 1.77. The van der Waals surface area contributed by atoms with Crippen LogP contribution in [-0.4, -0.2) is 45.3 Å². The summed E-state index contributed by atoms with van der Waals surface area (Å²) in [5.41, 5.74) is 2.87. The van der Waals surface area contributed by atoms with Crippen molar-refractivity contribution in [2.24, 2.45) is 0 Å². The summed E-state index contributed by atoms with van der Waals surface area (Å²) >= 11 is 0. The largest absolute Gasteiger partial charge is 0.422 e. The molecule has 1 amide bonds. The maximum Gasteiger partial charge on any atom is 0.255 e. The summed E-state index contributed by atoms with van der Waals surface area (Å²) in [5, 5.41) is 8.15. The molecule has 1 aliphatic heterocycles. The molecule has 0 saturated carbocycles. The van der Waals surface area contributed by atoms with Gasteiger partial charge < -0.3 is 18.6 Å². The molecule has 2 aromatic rings. The molecule has 136 valence electrons. The molecule has 0 bridgehead atoms. The van der Waals surface area contributed by atoms with E-state index >= 15 is 0 Å². The molecule has 1 atom stereocenters. The minimum Gasteiger partial charge on any atom is -0.422 e. The molecule has 1 saturated heterocycles. The Morgan fingerprint density at radius 1 is 1.36 bits per heavy atom. The topological polar surface area (TPSA) is 73.4 Å². The zero-order valence-electron chi connectivity index (χ0n) is 15.6. The molecule has 7 heteroatoms. The zero-order valence-corrected chi connectivity index (χ0v) is 15.6. The van der Waals surface area contributed by atoms with E-state index in [9.17, 15) is 4.79 Å². The van der Waals surface area contributed by atoms with Crippen LogP contribution in [0, 0.1) is 13.8 Å². The Morgan fingerprint density at radius 2 is 2.12 bits per heavy atom. The van der Waals surface area contributed by atoms with Crippen LogP contribution in [0.5, 0.6) is 0 Å². The van der Waals surface area contributed by atoms with Crippen LogP contribution in [0.2, 0.25) is 0 Å². The average molecular weight is 346 g/mol. The van der Waals surface area contributed by atoms with E-state index in [0.717, 1.165) is 23.5 Å². The molecule has 7 nitrogen and oxygen atoms in total. The van der Waals surface area contributed by atoms with Crippen molar-refractivity contribution < 1.29 is 13.9 Å². The predicted molar refractivity (Wildman–Crippen MR) is 92.6 cm³/mol. The number of amides is 1. The Kier molecular flexibility index (Phi) is 4.94. The van der Waals surface area contributed by atoms with Gasteiger partial charge in [0.2, 0.25) is 11.8 Å². The number of nitrogens with zero attached hydrogens (tertiary/aromatic N) is 4. The van der Waals surface area contributed by atoms with E-state index in [1.54, 1.807) is 0 Å². The predicted octanol–water partition coefficient (Wildman–Crippen LogP) is 2.84. The fourth-order valence-corrected chi connectivity index (χ4v) is 3.27. The lowest BCUT2D eigenvalue weighted by molar-refractivity contribution is -0.0351. The first-order valence-corrected chi connectivity index (χ1v) is 8.83. The van der Waals surface area contributed by atoms with Gasteiger partial charge in [-0.2, -0.15) is 0 Å². The van der Waals surface area contributed by atoms with Crippen LogP contribution in [0.3, 0.4) is 0 Å². The van der Waals surface area contributed by atoms with Gasteiger partial charge in [0, 0.05) is 30.4 Å². The lowest BCUT2D eigenvalue weighted by Crippen LogP contribution is -2.42. The highest BCUT2D eigenvalue weighted by molar-refractivity contribution is 5.95. The lowest BCUT2D eigenvalue weighted by Gasteiger charge is -2.31. The molecule has 0 N–H and O–H groups in total. The van der Waals surface area contributed by atoms with E-state index in [-0.39, 0.29) is 17.9 Å². The van der Waals surface area contributed by atoms with Gasteiger partial charge in [-0.25, -0.2) is 0 Å². The molecular weight excluding hydrogens is 320 g/mol. The second kappa shape index (κ2) is 7.00. The molecule has 3 rings (SSSR count). The highest BCUT2D eigenvalue weighted by Gasteiger charge is 2.31. The van der Waals surface area contributed by atoms with Crippen LogP contribution >= 0.6 is 0 Å². The van der Waals surface area contributed by atoms with Crippen molar-refractivity contribution >= 4 is 5.91 Å². The second-order valence-corrected chi connectivity index (χ2v) is 6.77. The minimum absolute atomic E-state index is 0.0321. The molecule has 3 heterocycles. The molecular formula is C18H26N4O3. The van der Waals surface area contributed by atoms with Crippen molar-refractivity contribution in [2.75, 3.05) is 19.7 Å². The minimum atomic E-state index is -0.368. The molecule has 1 aliphatic rings. The van der Waals surface area contributed by atoms with E-state index in [1.165, 1.54) is 0 Å².